The molecule has 0 atom stereocenters. The number of aromatic carboxylic acids is 1. The van der Waals surface area contributed by atoms with Gasteiger partial charge >= 0.3 is 5.97 Å². The predicted octanol–water partition coefficient (Wildman–Crippen LogP) is 1.09. The van der Waals surface area contributed by atoms with Crippen LogP contribution in [0.5, 0.6) is 5.75 Å². The minimum Gasteiger partial charge on any atom is -0.492 e. The molecule has 0 spiro atoms. The van der Waals surface area contributed by atoms with E-state index in [9.17, 15) is 24.3 Å². The number of anilines is 1. The Kier molecular flexibility index (Phi) is 3.81. The van der Waals surface area contributed by atoms with Gasteiger partial charge in [-0.3, -0.25) is 24.3 Å². The number of nitrogen functional groups attached to an aromatic ring is 1. The highest BCUT2D eigenvalue weighted by Gasteiger charge is 2.34. The summed E-state index contributed by atoms with van der Waals surface area (Å²) in [4.78, 5) is 48.2. The van der Waals surface area contributed by atoms with Crippen molar-refractivity contribution in [2.24, 2.45) is 0 Å². The van der Waals surface area contributed by atoms with Crippen LogP contribution in [0.4, 0.5) is 5.82 Å². The molecule has 0 unspecified atom stereocenters. The summed E-state index contributed by atoms with van der Waals surface area (Å²) in [7, 11) is 0. The number of fused-ring (bicyclic) bond motifs is 2. The van der Waals surface area contributed by atoms with E-state index >= 15 is 0 Å². The molecule has 0 bridgehead atoms. The van der Waals surface area contributed by atoms with Gasteiger partial charge in [0.1, 0.15) is 17.1 Å². The zero-order valence-electron chi connectivity index (χ0n) is 13.7. The number of amides is 2. The SMILES string of the molecule is Nc1c2c(cc(=O)n1-c1c(Br)cc(C(=O)O)c3c1CCCO3)C(=O)NC2=O. The van der Waals surface area contributed by atoms with Gasteiger partial charge in [0, 0.05) is 16.1 Å². The molecule has 1 aromatic carbocycles. The molecule has 1 aromatic heterocycles. The standard InChI is InChI=1S/C17H12BrN3O6/c18-9-4-8(17(25)26)13-6(2-1-3-27-13)12(9)21-10(22)5-7-11(14(21)19)16(24)20-15(7)23/h4-5H,1-3,19H2,(H,25,26)(H,20,23,24). The number of carbonyl (C=O) groups is 3. The quantitative estimate of drug-likeness (QED) is 0.601. The molecule has 0 saturated carbocycles. The third kappa shape index (κ3) is 2.44. The van der Waals surface area contributed by atoms with Crippen LogP contribution in [0.1, 0.15) is 43.1 Å². The average Bonchev–Trinajstić information content (AvgIpc) is 2.89. The molecule has 0 fully saturated rings. The number of pyridine rings is 1. The largest absolute Gasteiger partial charge is 0.492 e. The molecule has 9 nitrogen and oxygen atoms in total. The van der Waals surface area contributed by atoms with Gasteiger partial charge in [-0.15, -0.1) is 0 Å². The molecule has 4 rings (SSSR count). The number of halogens is 1. The Bertz CT molecular complexity index is 1120. The Morgan fingerprint density at radius 3 is 2.70 bits per heavy atom. The zero-order chi connectivity index (χ0) is 19.5. The van der Waals surface area contributed by atoms with Crippen LogP contribution in [0.15, 0.2) is 21.4 Å². The normalized spacial score (nSPS) is 15.0. The maximum Gasteiger partial charge on any atom is 0.339 e. The third-order valence-corrected chi connectivity index (χ3v) is 5.13. The Labute approximate surface area is 159 Å². The Morgan fingerprint density at radius 1 is 1.26 bits per heavy atom. The molecule has 2 amide bonds. The summed E-state index contributed by atoms with van der Waals surface area (Å²) in [6.07, 6.45) is 1.08. The lowest BCUT2D eigenvalue weighted by Gasteiger charge is -2.25. The monoisotopic (exact) mass is 433 g/mol. The van der Waals surface area contributed by atoms with Crippen LogP contribution in [-0.4, -0.2) is 34.1 Å². The molecule has 138 valence electrons. The van der Waals surface area contributed by atoms with Crippen molar-refractivity contribution in [3.63, 3.8) is 0 Å². The van der Waals surface area contributed by atoms with E-state index in [-0.39, 0.29) is 28.3 Å². The summed E-state index contributed by atoms with van der Waals surface area (Å²) in [5.41, 5.74) is 6.06. The second kappa shape index (κ2) is 5.95. The molecule has 0 saturated heterocycles. The van der Waals surface area contributed by atoms with E-state index in [1.165, 1.54) is 6.07 Å². The van der Waals surface area contributed by atoms with E-state index in [0.717, 1.165) is 10.6 Å². The highest BCUT2D eigenvalue weighted by molar-refractivity contribution is 9.10. The molecule has 3 heterocycles. The van der Waals surface area contributed by atoms with Crippen molar-refractivity contribution in [3.05, 3.63) is 49.2 Å². The number of ether oxygens (including phenoxy) is 1. The predicted molar refractivity (Wildman–Crippen MR) is 96.7 cm³/mol. The van der Waals surface area contributed by atoms with Crippen molar-refractivity contribution < 1.29 is 24.2 Å². The Morgan fingerprint density at radius 2 is 2.00 bits per heavy atom. The summed E-state index contributed by atoms with van der Waals surface area (Å²) in [6.45, 7) is 0.347. The smallest absolute Gasteiger partial charge is 0.339 e. The van der Waals surface area contributed by atoms with Crippen LogP contribution in [0.25, 0.3) is 5.69 Å². The van der Waals surface area contributed by atoms with E-state index in [0.29, 0.717) is 35.2 Å². The molecule has 27 heavy (non-hydrogen) atoms. The number of nitrogens with two attached hydrogens (primary N) is 1. The van der Waals surface area contributed by atoms with Crippen LogP contribution in [-0.2, 0) is 6.42 Å². The molecule has 4 N–H and O–H groups in total. The summed E-state index contributed by atoms with van der Waals surface area (Å²) in [6, 6.07) is 2.37. The number of carboxylic acids is 1. The summed E-state index contributed by atoms with van der Waals surface area (Å²) < 4.78 is 6.96. The van der Waals surface area contributed by atoms with Gasteiger partial charge in [0.15, 0.2) is 0 Å². The minimum atomic E-state index is -1.17. The highest BCUT2D eigenvalue weighted by atomic mass is 79.9. The molecule has 0 radical (unpaired) electrons. The fourth-order valence-corrected chi connectivity index (χ4v) is 4.05. The fraction of sp³-hybridized carbons (Fsp3) is 0.176. The lowest BCUT2D eigenvalue weighted by atomic mass is 9.99. The number of nitrogens with zero attached hydrogens (tertiary/aromatic N) is 1. The van der Waals surface area contributed by atoms with Crippen LogP contribution >= 0.6 is 15.9 Å². The van der Waals surface area contributed by atoms with Crippen molar-refractivity contribution >= 4 is 39.5 Å². The summed E-state index contributed by atoms with van der Waals surface area (Å²) in [5.74, 6) is -2.57. The van der Waals surface area contributed by atoms with Crippen LogP contribution < -0.4 is 21.3 Å². The second-order valence-corrected chi connectivity index (χ2v) is 6.95. The molecular formula is C17H12BrN3O6. The number of hydrogen-bond donors (Lipinski definition) is 3. The number of hydrogen-bond acceptors (Lipinski definition) is 6. The number of carboxylic acid groups (broad SMARTS) is 1. The maximum atomic E-state index is 12.7. The van der Waals surface area contributed by atoms with Gasteiger partial charge in [0.2, 0.25) is 0 Å². The number of imide groups is 1. The molecule has 0 aliphatic carbocycles. The van der Waals surface area contributed by atoms with Gasteiger partial charge in [-0.1, -0.05) is 0 Å². The van der Waals surface area contributed by atoms with Crippen molar-refractivity contribution in [1.29, 1.82) is 0 Å². The van der Waals surface area contributed by atoms with Crippen LogP contribution in [0.3, 0.4) is 0 Å². The van der Waals surface area contributed by atoms with Gasteiger partial charge in [-0.25, -0.2) is 4.79 Å². The fourth-order valence-electron chi connectivity index (χ4n) is 3.41. The Hall–Kier alpha value is -3.14. The zero-order valence-corrected chi connectivity index (χ0v) is 15.3. The first-order valence-corrected chi connectivity index (χ1v) is 8.73. The molecule has 2 aromatic rings. The lowest BCUT2D eigenvalue weighted by Crippen LogP contribution is -2.26. The maximum absolute atomic E-state index is 12.7. The van der Waals surface area contributed by atoms with Gasteiger partial charge in [-0.2, -0.15) is 0 Å². The van der Waals surface area contributed by atoms with Crippen LogP contribution in [0.2, 0.25) is 0 Å². The van der Waals surface area contributed by atoms with E-state index in [1.807, 2.05) is 0 Å². The minimum absolute atomic E-state index is 0.0407. The topological polar surface area (TPSA) is 141 Å². The average molecular weight is 434 g/mol. The van der Waals surface area contributed by atoms with Gasteiger partial charge < -0.3 is 15.6 Å². The van der Waals surface area contributed by atoms with Gasteiger partial charge in [0.05, 0.1) is 23.4 Å². The molecule has 10 heteroatoms. The first-order chi connectivity index (χ1) is 12.8. The van der Waals surface area contributed by atoms with Gasteiger partial charge in [-0.05, 0) is 34.8 Å². The van der Waals surface area contributed by atoms with E-state index in [2.05, 4.69) is 21.2 Å². The number of nitrogens with one attached hydrogen (secondary N) is 1. The van der Waals surface area contributed by atoms with E-state index in [4.69, 9.17) is 10.5 Å². The second-order valence-electron chi connectivity index (χ2n) is 6.09. The van der Waals surface area contributed by atoms with Gasteiger partial charge in [0.25, 0.3) is 17.4 Å². The van der Waals surface area contributed by atoms with Crippen LogP contribution in [0, 0.1) is 0 Å². The summed E-state index contributed by atoms with van der Waals surface area (Å²) in [5, 5.41) is 11.5. The van der Waals surface area contributed by atoms with E-state index < -0.39 is 23.3 Å². The van der Waals surface area contributed by atoms with Crippen molar-refractivity contribution in [3.8, 4) is 11.4 Å². The lowest BCUT2D eigenvalue weighted by molar-refractivity contribution is 0.0690. The number of rotatable bonds is 2. The van der Waals surface area contributed by atoms with Crippen molar-refractivity contribution in [1.82, 2.24) is 9.88 Å². The molecule has 2 aliphatic rings. The van der Waals surface area contributed by atoms with Crippen molar-refractivity contribution in [2.45, 2.75) is 12.8 Å². The van der Waals surface area contributed by atoms with E-state index in [1.54, 1.807) is 0 Å². The first-order valence-electron chi connectivity index (χ1n) is 7.94. The first kappa shape index (κ1) is 17.3. The number of carbonyl (C=O) groups excluding carboxylic acids is 2. The number of benzene rings is 1. The van der Waals surface area contributed by atoms with Crippen molar-refractivity contribution in [2.75, 3.05) is 12.3 Å². The molecule has 2 aliphatic heterocycles. The Balaban J connectivity index is 2.08. The molecular weight excluding hydrogens is 422 g/mol. The highest BCUT2D eigenvalue weighted by Crippen LogP contribution is 2.39. The number of aromatic nitrogens is 1. The summed E-state index contributed by atoms with van der Waals surface area (Å²) >= 11 is 3.31. The third-order valence-electron chi connectivity index (χ3n) is 4.53.